The van der Waals surface area contributed by atoms with E-state index in [-0.39, 0.29) is 24.0 Å². The zero-order chi connectivity index (χ0) is 28.4. The number of carbonyl (C=O) groups excluding carboxylic acids is 1. The minimum absolute atomic E-state index is 0.0139. The number of rotatable bonds is 5. The molecule has 5 heterocycles. The molecule has 0 saturated carbocycles. The lowest BCUT2D eigenvalue weighted by atomic mass is 9.97. The predicted octanol–water partition coefficient (Wildman–Crippen LogP) is 5.81. The van der Waals surface area contributed by atoms with E-state index >= 15 is 4.39 Å². The topological polar surface area (TPSA) is 91.0 Å². The number of benzene rings is 2. The zero-order valence-electron chi connectivity index (χ0n) is 23.2. The van der Waals surface area contributed by atoms with Crippen LogP contribution in [0, 0.1) is 19.7 Å². The molecule has 1 amide bonds. The van der Waals surface area contributed by atoms with E-state index in [0.29, 0.717) is 34.0 Å². The number of aromatic nitrogens is 6. The molecule has 0 N–H and O–H groups in total. The van der Waals surface area contributed by atoms with E-state index in [1.165, 1.54) is 12.4 Å². The Hall–Kier alpha value is -4.60. The number of hydrogen-bond donors (Lipinski definition) is 0. The maximum atomic E-state index is 16.1. The van der Waals surface area contributed by atoms with Crippen molar-refractivity contribution in [2.75, 3.05) is 0 Å². The van der Waals surface area contributed by atoms with Gasteiger partial charge in [-0.15, -0.1) is 0 Å². The Labute approximate surface area is 236 Å². The number of amides is 1. The van der Waals surface area contributed by atoms with Crippen LogP contribution >= 0.6 is 0 Å². The Morgan fingerprint density at radius 1 is 1.07 bits per heavy atom. The average molecular weight is 552 g/mol. The van der Waals surface area contributed by atoms with Crippen molar-refractivity contribution in [1.29, 1.82) is 0 Å². The second-order valence-corrected chi connectivity index (χ2v) is 11.1. The highest BCUT2D eigenvalue weighted by Gasteiger charge is 2.44. The summed E-state index contributed by atoms with van der Waals surface area (Å²) < 4.78 is 26.1. The number of imidazole rings is 1. The van der Waals surface area contributed by atoms with Crippen molar-refractivity contribution in [3.8, 4) is 22.8 Å². The molecule has 41 heavy (non-hydrogen) atoms. The van der Waals surface area contributed by atoms with E-state index in [1.54, 1.807) is 25.4 Å². The second kappa shape index (κ2) is 9.50. The highest BCUT2D eigenvalue weighted by Crippen LogP contribution is 2.43. The normalized spacial score (nSPS) is 20.2. The lowest BCUT2D eigenvalue weighted by molar-refractivity contribution is -0.130. The molecule has 2 aromatic carbocycles. The third kappa shape index (κ3) is 4.00. The number of aryl methyl sites for hydroxylation is 2. The third-order valence-corrected chi connectivity index (χ3v) is 8.68. The number of hydrogen-bond acceptors (Lipinski definition) is 6. The maximum absolute atomic E-state index is 16.1. The number of ether oxygens (including phenoxy) is 1. The van der Waals surface area contributed by atoms with Crippen molar-refractivity contribution >= 4 is 28.0 Å². The van der Waals surface area contributed by atoms with Crippen LogP contribution in [0.3, 0.4) is 0 Å². The lowest BCUT2D eigenvalue weighted by Crippen LogP contribution is -2.46. The number of fused-ring (bicyclic) bond motifs is 4. The summed E-state index contributed by atoms with van der Waals surface area (Å²) in [6, 6.07) is 9.43. The van der Waals surface area contributed by atoms with Gasteiger partial charge in [0.15, 0.2) is 5.65 Å². The SMILES string of the molecule is C=CC(=O)N1[C@@H]2CC[C@H]1CC(n1nc(-c3ccc(Oc4ccc5c(c4)ncn5C)c(C)c3F)c3c(C)ncnc31)C2. The first-order chi connectivity index (χ1) is 19.8. The molecular formula is C31H30FN7O2. The van der Waals surface area contributed by atoms with Crippen molar-refractivity contribution in [3.05, 3.63) is 72.7 Å². The van der Waals surface area contributed by atoms with Crippen molar-refractivity contribution in [3.63, 3.8) is 0 Å². The van der Waals surface area contributed by atoms with Gasteiger partial charge in [0, 0.05) is 36.3 Å². The Bertz CT molecular complexity index is 1840. The second-order valence-electron chi connectivity index (χ2n) is 11.1. The van der Waals surface area contributed by atoms with E-state index in [0.717, 1.165) is 47.8 Å². The van der Waals surface area contributed by atoms with Crippen LogP contribution in [0.1, 0.15) is 43.0 Å². The molecule has 0 radical (unpaired) electrons. The molecule has 7 rings (SSSR count). The van der Waals surface area contributed by atoms with Gasteiger partial charge in [-0.25, -0.2) is 24.0 Å². The largest absolute Gasteiger partial charge is 0.457 e. The number of piperidine rings is 1. The number of carbonyl (C=O) groups is 1. The van der Waals surface area contributed by atoms with Gasteiger partial charge in [-0.2, -0.15) is 5.10 Å². The first-order valence-corrected chi connectivity index (χ1v) is 13.9. The smallest absolute Gasteiger partial charge is 0.246 e. The molecule has 1 unspecified atom stereocenters. The van der Waals surface area contributed by atoms with Crippen molar-refractivity contribution in [2.24, 2.45) is 7.05 Å². The van der Waals surface area contributed by atoms with Gasteiger partial charge in [0.2, 0.25) is 5.91 Å². The molecule has 5 aromatic rings. The molecule has 9 nitrogen and oxygen atoms in total. The fourth-order valence-electron chi connectivity index (χ4n) is 6.64. The summed E-state index contributed by atoms with van der Waals surface area (Å²) in [5, 5.41) is 5.72. The molecule has 2 aliphatic rings. The molecule has 3 aromatic heterocycles. The molecule has 0 aliphatic carbocycles. The fraction of sp³-hybridized carbons (Fsp3) is 0.323. The number of nitrogens with zero attached hydrogens (tertiary/aromatic N) is 7. The van der Waals surface area contributed by atoms with E-state index in [4.69, 9.17) is 9.84 Å². The summed E-state index contributed by atoms with van der Waals surface area (Å²) in [5.74, 6) is 0.595. The first kappa shape index (κ1) is 25.4. The van der Waals surface area contributed by atoms with E-state index in [2.05, 4.69) is 21.5 Å². The van der Waals surface area contributed by atoms with Gasteiger partial charge in [-0.1, -0.05) is 6.58 Å². The van der Waals surface area contributed by atoms with Crippen molar-refractivity contribution < 1.29 is 13.9 Å². The van der Waals surface area contributed by atoms with Crippen LogP contribution in [0.4, 0.5) is 4.39 Å². The molecule has 2 fully saturated rings. The molecule has 10 heteroatoms. The minimum atomic E-state index is -0.400. The van der Waals surface area contributed by atoms with Gasteiger partial charge in [-0.05, 0) is 69.9 Å². The summed E-state index contributed by atoms with van der Waals surface area (Å²) in [7, 11) is 1.93. The zero-order valence-corrected chi connectivity index (χ0v) is 23.2. The van der Waals surface area contributed by atoms with Crippen LogP contribution in [-0.4, -0.2) is 52.2 Å². The Morgan fingerprint density at radius 3 is 2.61 bits per heavy atom. The first-order valence-electron chi connectivity index (χ1n) is 13.9. The van der Waals surface area contributed by atoms with E-state index in [9.17, 15) is 4.79 Å². The lowest BCUT2D eigenvalue weighted by Gasteiger charge is -2.38. The van der Waals surface area contributed by atoms with Crippen LogP contribution in [-0.2, 0) is 11.8 Å². The number of halogens is 1. The monoisotopic (exact) mass is 551 g/mol. The quantitative estimate of drug-likeness (QED) is 0.256. The van der Waals surface area contributed by atoms with Crippen molar-refractivity contribution in [2.45, 2.75) is 57.7 Å². The molecular weight excluding hydrogens is 521 g/mol. The maximum Gasteiger partial charge on any atom is 0.246 e. The van der Waals surface area contributed by atoms with E-state index < -0.39 is 5.82 Å². The van der Waals surface area contributed by atoms with Crippen LogP contribution in [0.2, 0.25) is 0 Å². The highest BCUT2D eigenvalue weighted by molar-refractivity contribution is 5.93. The molecule has 0 spiro atoms. The minimum Gasteiger partial charge on any atom is -0.457 e. The van der Waals surface area contributed by atoms with Crippen LogP contribution < -0.4 is 4.74 Å². The Kier molecular flexibility index (Phi) is 5.88. The Balaban J connectivity index is 1.25. The van der Waals surface area contributed by atoms with Gasteiger partial charge in [0.1, 0.15) is 29.3 Å². The Morgan fingerprint density at radius 2 is 1.85 bits per heavy atom. The fourth-order valence-corrected chi connectivity index (χ4v) is 6.64. The molecule has 2 aliphatic heterocycles. The van der Waals surface area contributed by atoms with Gasteiger partial charge < -0.3 is 14.2 Å². The van der Waals surface area contributed by atoms with Crippen molar-refractivity contribution in [1.82, 2.24) is 34.2 Å². The van der Waals surface area contributed by atoms with Gasteiger partial charge >= 0.3 is 0 Å². The molecule has 2 bridgehead atoms. The average Bonchev–Trinajstić information content (AvgIpc) is 3.62. The summed E-state index contributed by atoms with van der Waals surface area (Å²) >= 11 is 0. The van der Waals surface area contributed by atoms with E-state index in [1.807, 2.05) is 46.3 Å². The summed E-state index contributed by atoms with van der Waals surface area (Å²) in [5.41, 5.74) is 4.48. The summed E-state index contributed by atoms with van der Waals surface area (Å²) in [6.07, 6.45) is 8.14. The van der Waals surface area contributed by atoms with Crippen LogP contribution in [0.5, 0.6) is 11.5 Å². The van der Waals surface area contributed by atoms with Gasteiger partial charge in [-0.3, -0.25) is 4.79 Å². The predicted molar refractivity (Wildman–Crippen MR) is 153 cm³/mol. The summed E-state index contributed by atoms with van der Waals surface area (Å²) in [4.78, 5) is 27.9. The van der Waals surface area contributed by atoms with Crippen LogP contribution in [0.15, 0.2) is 55.6 Å². The van der Waals surface area contributed by atoms with Gasteiger partial charge in [0.05, 0.1) is 34.5 Å². The molecule has 2 saturated heterocycles. The third-order valence-electron chi connectivity index (χ3n) is 8.68. The van der Waals surface area contributed by atoms with Gasteiger partial charge in [0.25, 0.3) is 0 Å². The standard InChI is InChI=1S/C31H30FN7O2/c1-5-27(40)38-19-6-7-20(38)13-21(12-19)39-31-28(18(3)33-15-34-31)30(36-39)23-9-11-26(17(2)29(23)32)41-22-8-10-25-24(14-22)35-16-37(25)4/h5,8-11,14-16,19-21H,1,6-7,12-13H2,2-4H3/t19-,20+,21?. The van der Waals surface area contributed by atoms with Crippen LogP contribution in [0.25, 0.3) is 33.3 Å². The molecule has 3 atom stereocenters. The summed E-state index contributed by atoms with van der Waals surface area (Å²) in [6.45, 7) is 7.28. The highest BCUT2D eigenvalue weighted by atomic mass is 19.1. The molecule has 208 valence electrons.